The fraction of sp³-hybridized carbons (Fsp3) is 0.250. The van der Waals surface area contributed by atoms with Crippen LogP contribution >= 0.6 is 46.4 Å². The molecule has 0 saturated carbocycles. The van der Waals surface area contributed by atoms with Crippen molar-refractivity contribution in [2.45, 2.75) is 25.4 Å². The number of hydrogen-bond donors (Lipinski definition) is 1. The first-order valence-electron chi connectivity index (χ1n) is 12.0. The molecule has 1 saturated heterocycles. The molecular formula is C28H25Cl4N3O3. The molecule has 198 valence electrons. The predicted octanol–water partition coefficient (Wildman–Crippen LogP) is 6.01. The summed E-state index contributed by atoms with van der Waals surface area (Å²) in [5.41, 5.74) is 1.56. The first-order valence-corrected chi connectivity index (χ1v) is 13.5. The second kappa shape index (κ2) is 12.4. The monoisotopic (exact) mass is 591 g/mol. The maximum absolute atomic E-state index is 13.7. The molecule has 1 aliphatic rings. The lowest BCUT2D eigenvalue weighted by atomic mass is 10.0. The van der Waals surface area contributed by atoms with Crippen LogP contribution in [-0.2, 0) is 11.2 Å². The lowest BCUT2D eigenvalue weighted by Crippen LogP contribution is -2.59. The van der Waals surface area contributed by atoms with Crippen molar-refractivity contribution < 1.29 is 14.4 Å². The first kappa shape index (κ1) is 28.2. The summed E-state index contributed by atoms with van der Waals surface area (Å²) in [5.74, 6) is -0.886. The van der Waals surface area contributed by atoms with Crippen molar-refractivity contribution in [2.24, 2.45) is 0 Å². The van der Waals surface area contributed by atoms with E-state index in [2.05, 4.69) is 5.32 Å². The van der Waals surface area contributed by atoms with Crippen molar-refractivity contribution in [3.8, 4) is 0 Å². The fourth-order valence-electron chi connectivity index (χ4n) is 4.43. The van der Waals surface area contributed by atoms with Gasteiger partial charge in [0, 0.05) is 42.7 Å². The molecule has 10 heteroatoms. The third kappa shape index (κ3) is 6.62. The average molecular weight is 593 g/mol. The number of rotatable bonds is 6. The van der Waals surface area contributed by atoms with Crippen LogP contribution < -0.4 is 5.32 Å². The molecule has 0 radical (unpaired) electrons. The summed E-state index contributed by atoms with van der Waals surface area (Å²) in [5, 5.41) is 4.18. The van der Waals surface area contributed by atoms with Crippen LogP contribution in [0.5, 0.6) is 0 Å². The van der Waals surface area contributed by atoms with Gasteiger partial charge in [-0.15, -0.1) is 0 Å². The van der Waals surface area contributed by atoms with Gasteiger partial charge in [0.05, 0.1) is 20.6 Å². The Bertz CT molecular complexity index is 1350. The van der Waals surface area contributed by atoms with Crippen molar-refractivity contribution in [3.05, 3.63) is 104 Å². The molecule has 2 atom stereocenters. The van der Waals surface area contributed by atoms with Crippen molar-refractivity contribution in [3.63, 3.8) is 0 Å². The van der Waals surface area contributed by atoms with Gasteiger partial charge in [-0.1, -0.05) is 76.7 Å². The zero-order valence-electron chi connectivity index (χ0n) is 20.5. The Morgan fingerprint density at radius 3 is 2.29 bits per heavy atom. The maximum Gasteiger partial charge on any atom is 0.255 e. The highest BCUT2D eigenvalue weighted by atomic mass is 35.5. The summed E-state index contributed by atoms with van der Waals surface area (Å²) in [6.45, 7) is 2.82. The number of carbonyl (C=O) groups excluding carboxylic acids is 3. The van der Waals surface area contributed by atoms with E-state index in [1.54, 1.807) is 28.0 Å². The molecule has 3 aromatic rings. The Morgan fingerprint density at radius 1 is 0.895 bits per heavy atom. The van der Waals surface area contributed by atoms with Crippen LogP contribution in [0.25, 0.3) is 0 Å². The Balaban J connectivity index is 1.50. The van der Waals surface area contributed by atoms with E-state index in [0.717, 1.165) is 5.56 Å². The number of nitrogens with zero attached hydrogens (tertiary/aromatic N) is 2. The molecule has 3 amide bonds. The second-order valence-electron chi connectivity index (χ2n) is 9.10. The quantitative estimate of drug-likeness (QED) is 0.381. The van der Waals surface area contributed by atoms with E-state index in [1.165, 1.54) is 18.2 Å². The van der Waals surface area contributed by atoms with Crippen molar-refractivity contribution in [2.75, 3.05) is 19.6 Å². The normalized spacial score (nSPS) is 16.2. The van der Waals surface area contributed by atoms with Crippen molar-refractivity contribution in [1.82, 2.24) is 15.1 Å². The Hall–Kier alpha value is -2.77. The van der Waals surface area contributed by atoms with Crippen LogP contribution in [0.3, 0.4) is 0 Å². The summed E-state index contributed by atoms with van der Waals surface area (Å²) >= 11 is 24.3. The zero-order valence-corrected chi connectivity index (χ0v) is 23.5. The van der Waals surface area contributed by atoms with Gasteiger partial charge in [0.25, 0.3) is 11.8 Å². The Labute approximate surface area is 241 Å². The molecule has 1 heterocycles. The summed E-state index contributed by atoms with van der Waals surface area (Å²) in [6.07, 6.45) is 0.306. The summed E-state index contributed by atoms with van der Waals surface area (Å²) in [4.78, 5) is 43.3. The lowest BCUT2D eigenvalue weighted by Gasteiger charge is -2.41. The minimum atomic E-state index is -0.820. The smallest absolute Gasteiger partial charge is 0.255 e. The Kier molecular flexibility index (Phi) is 9.21. The fourth-order valence-corrected chi connectivity index (χ4v) is 5.21. The van der Waals surface area contributed by atoms with Gasteiger partial charge in [-0.3, -0.25) is 14.4 Å². The summed E-state index contributed by atoms with van der Waals surface area (Å²) in [7, 11) is 0. The van der Waals surface area contributed by atoms with E-state index in [1.807, 2.05) is 37.3 Å². The van der Waals surface area contributed by atoms with Crippen LogP contribution in [0.1, 0.15) is 33.2 Å². The molecular weight excluding hydrogens is 568 g/mol. The van der Waals surface area contributed by atoms with E-state index >= 15 is 0 Å². The topological polar surface area (TPSA) is 69.7 Å². The van der Waals surface area contributed by atoms with Gasteiger partial charge in [-0.05, 0) is 48.9 Å². The van der Waals surface area contributed by atoms with Crippen molar-refractivity contribution >= 4 is 64.1 Å². The second-order valence-corrected chi connectivity index (χ2v) is 10.8. The van der Waals surface area contributed by atoms with Gasteiger partial charge in [0.15, 0.2) is 0 Å². The molecule has 1 fully saturated rings. The minimum Gasteiger partial charge on any atom is -0.340 e. The highest BCUT2D eigenvalue weighted by molar-refractivity contribution is 6.42. The van der Waals surface area contributed by atoms with Crippen LogP contribution in [-0.4, -0.2) is 59.2 Å². The molecule has 0 bridgehead atoms. The largest absolute Gasteiger partial charge is 0.340 e. The lowest BCUT2D eigenvalue weighted by molar-refractivity contribution is -0.135. The molecule has 1 aliphatic heterocycles. The van der Waals surface area contributed by atoms with E-state index in [0.29, 0.717) is 47.2 Å². The van der Waals surface area contributed by atoms with Crippen molar-refractivity contribution in [1.29, 1.82) is 0 Å². The summed E-state index contributed by atoms with van der Waals surface area (Å²) in [6, 6.07) is 17.7. The predicted molar refractivity (Wildman–Crippen MR) is 151 cm³/mol. The molecule has 0 aliphatic carbocycles. The number of halogens is 4. The average Bonchev–Trinajstić information content (AvgIpc) is 2.89. The number of carbonyl (C=O) groups is 3. The van der Waals surface area contributed by atoms with Gasteiger partial charge >= 0.3 is 0 Å². The number of hydrogen-bond acceptors (Lipinski definition) is 3. The molecule has 0 unspecified atom stereocenters. The van der Waals surface area contributed by atoms with Gasteiger partial charge in [-0.25, -0.2) is 0 Å². The Morgan fingerprint density at radius 2 is 1.63 bits per heavy atom. The number of amides is 3. The van der Waals surface area contributed by atoms with E-state index < -0.39 is 11.9 Å². The molecule has 38 heavy (non-hydrogen) atoms. The van der Waals surface area contributed by atoms with Gasteiger partial charge in [0.1, 0.15) is 6.04 Å². The zero-order chi connectivity index (χ0) is 27.4. The first-order chi connectivity index (χ1) is 18.1. The van der Waals surface area contributed by atoms with Gasteiger partial charge in [-0.2, -0.15) is 0 Å². The summed E-state index contributed by atoms with van der Waals surface area (Å²) < 4.78 is 0. The van der Waals surface area contributed by atoms with E-state index in [4.69, 9.17) is 46.4 Å². The van der Waals surface area contributed by atoms with Gasteiger partial charge in [0.2, 0.25) is 5.91 Å². The number of nitrogens with one attached hydrogen (secondary N) is 1. The van der Waals surface area contributed by atoms with E-state index in [9.17, 15) is 14.4 Å². The van der Waals surface area contributed by atoms with E-state index in [-0.39, 0.29) is 27.9 Å². The van der Waals surface area contributed by atoms with Crippen LogP contribution in [0, 0.1) is 0 Å². The number of piperazine rings is 1. The third-order valence-corrected chi connectivity index (χ3v) is 7.72. The minimum absolute atomic E-state index is 0.222. The van der Waals surface area contributed by atoms with Crippen LogP contribution in [0.2, 0.25) is 20.1 Å². The molecule has 0 spiro atoms. The van der Waals surface area contributed by atoms with Crippen LogP contribution in [0.4, 0.5) is 0 Å². The molecule has 1 N–H and O–H groups in total. The maximum atomic E-state index is 13.7. The molecule has 4 rings (SSSR count). The standard InChI is InChI=1S/C28H25Cl4N3O3/c1-17-16-34(11-12-35(17)27(37)21-9-8-20(29)15-23(21)31)28(38)25(13-18-5-3-2-4-6-18)33-26(36)19-7-10-22(30)24(32)14-19/h2-10,14-15,17,25H,11-13,16H2,1H3,(H,33,36)/t17-,25+/m1/s1. The third-order valence-electron chi connectivity index (χ3n) is 6.43. The number of benzene rings is 3. The van der Waals surface area contributed by atoms with Crippen LogP contribution in [0.15, 0.2) is 66.7 Å². The molecule has 6 nitrogen and oxygen atoms in total. The highest BCUT2D eigenvalue weighted by Crippen LogP contribution is 2.25. The molecule has 0 aromatic heterocycles. The molecule has 3 aromatic carbocycles. The SMILES string of the molecule is C[C@@H]1CN(C(=O)[C@H](Cc2ccccc2)NC(=O)c2ccc(Cl)c(Cl)c2)CCN1C(=O)c1ccc(Cl)cc1Cl. The van der Waals surface area contributed by atoms with Gasteiger partial charge < -0.3 is 15.1 Å². The highest BCUT2D eigenvalue weighted by Gasteiger charge is 2.34.